The van der Waals surface area contributed by atoms with Crippen molar-refractivity contribution in [1.82, 2.24) is 9.78 Å². The van der Waals surface area contributed by atoms with Gasteiger partial charge in [0.05, 0.1) is 16.9 Å². The van der Waals surface area contributed by atoms with Gasteiger partial charge in [-0.15, -0.1) is 0 Å². The number of ketones is 1. The molecule has 1 atom stereocenters. The van der Waals surface area contributed by atoms with Crippen molar-refractivity contribution < 1.29 is 4.79 Å². The average molecular weight is 227 g/mol. The number of nitrogens with zero attached hydrogens (tertiary/aromatic N) is 2. The van der Waals surface area contributed by atoms with E-state index >= 15 is 0 Å². The molecular weight excluding hydrogens is 212 g/mol. The molecule has 0 amide bonds. The van der Waals surface area contributed by atoms with Gasteiger partial charge in [-0.2, -0.15) is 5.10 Å². The summed E-state index contributed by atoms with van der Waals surface area (Å²) >= 11 is 6.12. The molecule has 0 spiro atoms. The number of aromatic nitrogens is 2. The van der Waals surface area contributed by atoms with E-state index in [9.17, 15) is 4.79 Å². The molecule has 0 N–H and O–H groups in total. The van der Waals surface area contributed by atoms with Gasteiger partial charge in [0.25, 0.3) is 0 Å². The molecule has 1 unspecified atom stereocenters. The number of Topliss-reactive ketones (excluding diaryl/α,β-unsaturated/α-hetero) is 1. The summed E-state index contributed by atoms with van der Waals surface area (Å²) in [5.74, 6) is 0.613. The first-order valence-corrected chi connectivity index (χ1v) is 5.72. The highest BCUT2D eigenvalue weighted by atomic mass is 35.5. The van der Waals surface area contributed by atoms with Crippen LogP contribution >= 0.6 is 11.6 Å². The van der Waals surface area contributed by atoms with Gasteiger partial charge < -0.3 is 0 Å². The van der Waals surface area contributed by atoms with E-state index in [1.165, 1.54) is 0 Å². The van der Waals surface area contributed by atoms with E-state index in [0.717, 1.165) is 12.1 Å². The maximum atomic E-state index is 11.3. The van der Waals surface area contributed by atoms with E-state index in [-0.39, 0.29) is 5.92 Å². The Morgan fingerprint density at radius 3 is 2.87 bits per heavy atom. The predicted octanol–water partition coefficient (Wildman–Crippen LogP) is 2.95. The Labute approximate surface area is 94.4 Å². The van der Waals surface area contributed by atoms with Crippen LogP contribution in [0.1, 0.15) is 50.8 Å². The molecule has 0 aliphatic heterocycles. The van der Waals surface area contributed by atoms with Gasteiger partial charge in [-0.3, -0.25) is 9.48 Å². The summed E-state index contributed by atoms with van der Waals surface area (Å²) in [7, 11) is 0. The Morgan fingerprint density at radius 2 is 2.33 bits per heavy atom. The normalized spacial score (nSPS) is 21.6. The molecule has 82 valence electrons. The third-order valence-electron chi connectivity index (χ3n) is 2.91. The van der Waals surface area contributed by atoms with E-state index in [1.54, 1.807) is 6.20 Å². The van der Waals surface area contributed by atoms with Gasteiger partial charge >= 0.3 is 0 Å². The van der Waals surface area contributed by atoms with E-state index in [4.69, 9.17) is 11.6 Å². The second-order valence-electron chi connectivity index (χ2n) is 4.39. The highest BCUT2D eigenvalue weighted by molar-refractivity contribution is 6.31. The predicted molar refractivity (Wildman–Crippen MR) is 59.2 cm³/mol. The maximum Gasteiger partial charge on any atom is 0.133 e. The minimum Gasteiger partial charge on any atom is -0.300 e. The van der Waals surface area contributed by atoms with E-state index < -0.39 is 0 Å². The van der Waals surface area contributed by atoms with Crippen LogP contribution in [0.5, 0.6) is 0 Å². The SMILES string of the molecule is CC(C)n1ncc(Cl)c1C1CCC(=O)C1. The molecule has 0 aromatic carbocycles. The monoisotopic (exact) mass is 226 g/mol. The minimum atomic E-state index is 0.273. The Bertz CT molecular complexity index is 384. The summed E-state index contributed by atoms with van der Waals surface area (Å²) < 4.78 is 1.94. The molecule has 1 aromatic rings. The molecule has 15 heavy (non-hydrogen) atoms. The first kappa shape index (κ1) is 10.7. The average Bonchev–Trinajstić information content (AvgIpc) is 2.71. The van der Waals surface area contributed by atoms with E-state index in [1.807, 2.05) is 4.68 Å². The highest BCUT2D eigenvalue weighted by Crippen LogP contribution is 2.36. The lowest BCUT2D eigenvalue weighted by Gasteiger charge is -2.15. The van der Waals surface area contributed by atoms with Crippen molar-refractivity contribution in [1.29, 1.82) is 0 Å². The fraction of sp³-hybridized carbons (Fsp3) is 0.636. The summed E-state index contributed by atoms with van der Waals surface area (Å²) in [5, 5.41) is 4.96. The molecular formula is C11H15ClN2O. The largest absolute Gasteiger partial charge is 0.300 e. The van der Waals surface area contributed by atoms with Crippen molar-refractivity contribution in [3.63, 3.8) is 0 Å². The van der Waals surface area contributed by atoms with E-state index in [2.05, 4.69) is 18.9 Å². The van der Waals surface area contributed by atoms with E-state index in [0.29, 0.717) is 29.7 Å². The summed E-state index contributed by atoms with van der Waals surface area (Å²) in [4.78, 5) is 11.3. The van der Waals surface area contributed by atoms with Crippen LogP contribution in [0, 0.1) is 0 Å². The Hall–Kier alpha value is -0.830. The van der Waals surface area contributed by atoms with Gasteiger partial charge in [0.15, 0.2) is 0 Å². The van der Waals surface area contributed by atoms with Crippen LogP contribution in [-0.2, 0) is 4.79 Å². The Morgan fingerprint density at radius 1 is 1.60 bits per heavy atom. The molecule has 1 aliphatic carbocycles. The second-order valence-corrected chi connectivity index (χ2v) is 4.80. The maximum absolute atomic E-state index is 11.3. The van der Waals surface area contributed by atoms with Crippen LogP contribution in [0.4, 0.5) is 0 Å². The van der Waals surface area contributed by atoms with Crippen LogP contribution in [0.15, 0.2) is 6.20 Å². The quantitative estimate of drug-likeness (QED) is 0.777. The molecule has 2 rings (SSSR count). The zero-order valence-electron chi connectivity index (χ0n) is 9.03. The fourth-order valence-corrected chi connectivity index (χ4v) is 2.48. The Kier molecular flexibility index (Phi) is 2.83. The molecule has 3 nitrogen and oxygen atoms in total. The molecule has 1 saturated carbocycles. The Balaban J connectivity index is 2.33. The lowest BCUT2D eigenvalue weighted by atomic mass is 10.0. The zero-order valence-corrected chi connectivity index (χ0v) is 9.79. The smallest absolute Gasteiger partial charge is 0.133 e. The van der Waals surface area contributed by atoms with Gasteiger partial charge in [0.1, 0.15) is 5.78 Å². The van der Waals surface area contributed by atoms with Crippen molar-refractivity contribution in [2.45, 2.75) is 45.1 Å². The second kappa shape index (κ2) is 3.97. The van der Waals surface area contributed by atoms with Gasteiger partial charge in [0, 0.05) is 24.8 Å². The van der Waals surface area contributed by atoms with Gasteiger partial charge in [-0.25, -0.2) is 0 Å². The van der Waals surface area contributed by atoms with Gasteiger partial charge in [-0.05, 0) is 20.3 Å². The van der Waals surface area contributed by atoms with Crippen LogP contribution in [0.3, 0.4) is 0 Å². The summed E-state index contributed by atoms with van der Waals surface area (Å²) in [6.45, 7) is 4.15. The lowest BCUT2D eigenvalue weighted by molar-refractivity contribution is -0.117. The zero-order chi connectivity index (χ0) is 11.0. The summed E-state index contributed by atoms with van der Waals surface area (Å²) in [6.07, 6.45) is 3.90. The first-order valence-electron chi connectivity index (χ1n) is 5.34. The van der Waals surface area contributed by atoms with Crippen molar-refractivity contribution in [3.05, 3.63) is 16.9 Å². The first-order chi connectivity index (χ1) is 7.09. The molecule has 0 saturated heterocycles. The molecule has 0 bridgehead atoms. The number of hydrogen-bond acceptors (Lipinski definition) is 2. The number of carbonyl (C=O) groups is 1. The van der Waals surface area contributed by atoms with Gasteiger partial charge in [-0.1, -0.05) is 11.6 Å². The molecule has 4 heteroatoms. The fourth-order valence-electron chi connectivity index (χ4n) is 2.19. The van der Waals surface area contributed by atoms with Crippen molar-refractivity contribution in [2.75, 3.05) is 0 Å². The van der Waals surface area contributed by atoms with Crippen LogP contribution in [0.2, 0.25) is 5.02 Å². The van der Waals surface area contributed by atoms with Crippen molar-refractivity contribution in [2.24, 2.45) is 0 Å². The topological polar surface area (TPSA) is 34.9 Å². The molecule has 1 fully saturated rings. The number of rotatable bonds is 2. The highest BCUT2D eigenvalue weighted by Gasteiger charge is 2.28. The number of hydrogen-bond donors (Lipinski definition) is 0. The third-order valence-corrected chi connectivity index (χ3v) is 3.20. The van der Waals surface area contributed by atoms with Crippen LogP contribution < -0.4 is 0 Å². The van der Waals surface area contributed by atoms with Crippen LogP contribution in [0.25, 0.3) is 0 Å². The van der Waals surface area contributed by atoms with Crippen molar-refractivity contribution in [3.8, 4) is 0 Å². The van der Waals surface area contributed by atoms with Crippen molar-refractivity contribution >= 4 is 17.4 Å². The minimum absolute atomic E-state index is 0.273. The third kappa shape index (κ3) is 1.93. The number of carbonyl (C=O) groups excluding carboxylic acids is 1. The molecule has 0 radical (unpaired) electrons. The molecule has 1 heterocycles. The van der Waals surface area contributed by atoms with Gasteiger partial charge in [0.2, 0.25) is 0 Å². The summed E-state index contributed by atoms with van der Waals surface area (Å²) in [6, 6.07) is 0.295. The lowest BCUT2D eigenvalue weighted by Crippen LogP contribution is -2.10. The summed E-state index contributed by atoms with van der Waals surface area (Å²) in [5.41, 5.74) is 1.04. The molecule has 1 aromatic heterocycles. The number of halogens is 1. The van der Waals surface area contributed by atoms with Crippen LogP contribution in [-0.4, -0.2) is 15.6 Å². The standard InChI is InChI=1S/C11H15ClN2O/c1-7(2)14-11(10(12)6-13-14)8-3-4-9(15)5-8/h6-8H,3-5H2,1-2H3. The molecule has 1 aliphatic rings.